The number of hydrogen-bond acceptors (Lipinski definition) is 5. The van der Waals surface area contributed by atoms with E-state index in [-0.39, 0.29) is 23.7 Å². The summed E-state index contributed by atoms with van der Waals surface area (Å²) in [5.41, 5.74) is 2.93. The minimum absolute atomic E-state index is 0.162. The molecule has 31 heavy (non-hydrogen) atoms. The molecule has 0 unspecified atom stereocenters. The summed E-state index contributed by atoms with van der Waals surface area (Å²) in [6.07, 6.45) is 6.17. The summed E-state index contributed by atoms with van der Waals surface area (Å²) in [4.78, 5) is 39.9. The van der Waals surface area contributed by atoms with E-state index in [0.717, 1.165) is 24.1 Å². The number of carbonyl (C=O) groups excluding carboxylic acids is 2. The number of halogens is 1. The summed E-state index contributed by atoms with van der Waals surface area (Å²) < 4.78 is 13.0. The second-order valence-electron chi connectivity index (χ2n) is 7.43. The van der Waals surface area contributed by atoms with Gasteiger partial charge < -0.3 is 10.2 Å². The molecule has 3 heterocycles. The Hall–Kier alpha value is -3.68. The summed E-state index contributed by atoms with van der Waals surface area (Å²) in [7, 11) is 0. The van der Waals surface area contributed by atoms with Gasteiger partial charge >= 0.3 is 0 Å². The van der Waals surface area contributed by atoms with Crippen molar-refractivity contribution in [2.24, 2.45) is 0 Å². The first-order valence-electron chi connectivity index (χ1n) is 10.1. The van der Waals surface area contributed by atoms with Crippen molar-refractivity contribution in [3.8, 4) is 0 Å². The van der Waals surface area contributed by atoms with Gasteiger partial charge in [0.15, 0.2) is 0 Å². The average molecular weight is 419 g/mol. The maximum absolute atomic E-state index is 13.0. The topological polar surface area (TPSA) is 88.1 Å². The molecule has 0 radical (unpaired) electrons. The molecule has 0 saturated carbocycles. The molecule has 1 N–H and O–H groups in total. The molecule has 1 fully saturated rings. The van der Waals surface area contributed by atoms with Gasteiger partial charge in [-0.3, -0.25) is 19.6 Å². The van der Waals surface area contributed by atoms with Crippen LogP contribution in [0.2, 0.25) is 0 Å². The number of rotatable bonds is 5. The fraction of sp³-hybridized carbons (Fsp3) is 0.261. The van der Waals surface area contributed by atoms with Gasteiger partial charge in [0.2, 0.25) is 0 Å². The molecular weight excluding hydrogens is 397 g/mol. The van der Waals surface area contributed by atoms with E-state index in [0.29, 0.717) is 30.0 Å². The Kier molecular flexibility index (Phi) is 5.97. The third-order valence-electron chi connectivity index (χ3n) is 5.36. The first-order chi connectivity index (χ1) is 15.0. The van der Waals surface area contributed by atoms with Crippen molar-refractivity contribution in [1.82, 2.24) is 25.2 Å². The zero-order chi connectivity index (χ0) is 21.8. The number of nitrogens with zero attached hydrogens (tertiary/aromatic N) is 4. The van der Waals surface area contributed by atoms with E-state index in [9.17, 15) is 14.0 Å². The molecular formula is C23H22FN5O2. The summed E-state index contributed by atoms with van der Waals surface area (Å²) in [5.74, 6) is -0.736. The van der Waals surface area contributed by atoms with E-state index in [2.05, 4.69) is 20.3 Å². The number of likely N-dealkylation sites (tertiary alicyclic amines) is 1. The Morgan fingerprint density at radius 2 is 1.97 bits per heavy atom. The number of aryl methyl sites for hydroxylation is 1. The number of pyridine rings is 1. The van der Waals surface area contributed by atoms with Gasteiger partial charge in [0, 0.05) is 25.5 Å². The molecule has 3 aromatic rings. The van der Waals surface area contributed by atoms with E-state index < -0.39 is 0 Å². The van der Waals surface area contributed by atoms with Crippen molar-refractivity contribution in [2.45, 2.75) is 32.4 Å². The van der Waals surface area contributed by atoms with Crippen LogP contribution in [0, 0.1) is 12.7 Å². The molecule has 158 valence electrons. The lowest BCUT2D eigenvalue weighted by molar-refractivity contribution is 0.0725. The van der Waals surface area contributed by atoms with Crippen molar-refractivity contribution in [3.63, 3.8) is 0 Å². The number of nitrogens with one attached hydrogen (secondary N) is 1. The van der Waals surface area contributed by atoms with E-state index in [1.807, 2.05) is 0 Å². The van der Waals surface area contributed by atoms with Crippen LogP contribution in [0.25, 0.3) is 0 Å². The lowest BCUT2D eigenvalue weighted by Crippen LogP contribution is -2.32. The van der Waals surface area contributed by atoms with Crippen LogP contribution in [0.5, 0.6) is 0 Å². The molecule has 4 rings (SSSR count). The second kappa shape index (κ2) is 8.99. The van der Waals surface area contributed by atoms with Crippen LogP contribution >= 0.6 is 0 Å². The van der Waals surface area contributed by atoms with E-state index in [1.165, 1.54) is 30.7 Å². The number of hydrogen-bond donors (Lipinski definition) is 1. The third-order valence-corrected chi connectivity index (χ3v) is 5.36. The minimum atomic E-state index is -0.315. The SMILES string of the molecule is Cc1nc([C@@H]2CCCN2C(=O)c2cnccn2)ccc1C(=O)NCc1ccc(F)cc1. The Bertz CT molecular complexity index is 1090. The Morgan fingerprint density at radius 3 is 2.68 bits per heavy atom. The maximum Gasteiger partial charge on any atom is 0.274 e. The normalized spacial score (nSPS) is 15.7. The van der Waals surface area contributed by atoms with Gasteiger partial charge in [0.25, 0.3) is 11.8 Å². The summed E-state index contributed by atoms with van der Waals surface area (Å²) in [6, 6.07) is 9.36. The molecule has 0 aliphatic carbocycles. The Labute approximate surface area is 179 Å². The van der Waals surface area contributed by atoms with Gasteiger partial charge in [-0.25, -0.2) is 9.37 Å². The van der Waals surface area contributed by atoms with E-state index >= 15 is 0 Å². The molecule has 0 bridgehead atoms. The molecule has 1 aromatic carbocycles. The third kappa shape index (κ3) is 4.58. The lowest BCUT2D eigenvalue weighted by Gasteiger charge is -2.24. The van der Waals surface area contributed by atoms with Crippen molar-refractivity contribution in [2.75, 3.05) is 6.54 Å². The van der Waals surface area contributed by atoms with Gasteiger partial charge in [-0.1, -0.05) is 12.1 Å². The van der Waals surface area contributed by atoms with Crippen molar-refractivity contribution in [1.29, 1.82) is 0 Å². The molecule has 0 spiro atoms. The van der Waals surface area contributed by atoms with Gasteiger partial charge in [0.1, 0.15) is 11.5 Å². The summed E-state index contributed by atoms with van der Waals surface area (Å²) in [6.45, 7) is 2.70. The van der Waals surface area contributed by atoms with Crippen LogP contribution in [0.15, 0.2) is 55.0 Å². The Balaban J connectivity index is 1.46. The highest BCUT2D eigenvalue weighted by Gasteiger charge is 2.32. The number of amides is 2. The molecule has 1 atom stereocenters. The zero-order valence-corrected chi connectivity index (χ0v) is 17.1. The summed E-state index contributed by atoms with van der Waals surface area (Å²) in [5, 5.41) is 2.83. The Morgan fingerprint density at radius 1 is 1.16 bits per heavy atom. The monoisotopic (exact) mass is 419 g/mol. The van der Waals surface area contributed by atoms with Gasteiger partial charge in [-0.15, -0.1) is 0 Å². The molecule has 7 nitrogen and oxygen atoms in total. The van der Waals surface area contributed by atoms with Crippen LogP contribution in [-0.2, 0) is 6.54 Å². The fourth-order valence-electron chi connectivity index (χ4n) is 3.76. The van der Waals surface area contributed by atoms with Crippen LogP contribution in [-0.4, -0.2) is 38.2 Å². The van der Waals surface area contributed by atoms with E-state index in [1.54, 1.807) is 36.1 Å². The van der Waals surface area contributed by atoms with Gasteiger partial charge in [-0.2, -0.15) is 0 Å². The average Bonchev–Trinajstić information content (AvgIpc) is 3.28. The molecule has 2 amide bonds. The predicted octanol–water partition coefficient (Wildman–Crippen LogP) is 3.23. The maximum atomic E-state index is 13.0. The quantitative estimate of drug-likeness (QED) is 0.686. The smallest absolute Gasteiger partial charge is 0.274 e. The van der Waals surface area contributed by atoms with Crippen LogP contribution in [0.3, 0.4) is 0 Å². The molecule has 1 saturated heterocycles. The highest BCUT2D eigenvalue weighted by Crippen LogP contribution is 2.32. The van der Waals surface area contributed by atoms with Gasteiger partial charge in [0.05, 0.1) is 29.2 Å². The number of carbonyl (C=O) groups is 2. The highest BCUT2D eigenvalue weighted by atomic mass is 19.1. The number of aromatic nitrogens is 3. The standard InChI is InChI=1S/C23H22FN5O2/c1-15-18(22(30)27-13-16-4-6-17(24)7-5-16)8-9-19(28-15)21-3-2-12-29(21)23(31)20-14-25-10-11-26-20/h4-11,14,21H,2-3,12-13H2,1H3,(H,27,30)/t21-/m0/s1. The van der Waals surface area contributed by atoms with Gasteiger partial charge in [-0.05, 0) is 49.6 Å². The second-order valence-corrected chi connectivity index (χ2v) is 7.43. The molecule has 2 aromatic heterocycles. The predicted molar refractivity (Wildman–Crippen MR) is 112 cm³/mol. The zero-order valence-electron chi connectivity index (χ0n) is 17.1. The lowest BCUT2D eigenvalue weighted by atomic mass is 10.1. The molecule has 8 heteroatoms. The van der Waals surface area contributed by atoms with E-state index in [4.69, 9.17) is 0 Å². The van der Waals surface area contributed by atoms with Crippen molar-refractivity contribution >= 4 is 11.8 Å². The van der Waals surface area contributed by atoms with Crippen molar-refractivity contribution < 1.29 is 14.0 Å². The number of benzene rings is 1. The van der Waals surface area contributed by atoms with Crippen molar-refractivity contribution in [3.05, 3.63) is 89.0 Å². The highest BCUT2D eigenvalue weighted by molar-refractivity contribution is 5.95. The fourth-order valence-corrected chi connectivity index (χ4v) is 3.76. The van der Waals surface area contributed by atoms with Crippen LogP contribution < -0.4 is 5.32 Å². The van der Waals surface area contributed by atoms with Crippen LogP contribution in [0.1, 0.15) is 56.7 Å². The largest absolute Gasteiger partial charge is 0.348 e. The summed E-state index contributed by atoms with van der Waals surface area (Å²) >= 11 is 0. The minimum Gasteiger partial charge on any atom is -0.348 e. The molecule has 1 aliphatic heterocycles. The first-order valence-corrected chi connectivity index (χ1v) is 10.1. The van der Waals surface area contributed by atoms with Crippen LogP contribution in [0.4, 0.5) is 4.39 Å². The molecule has 1 aliphatic rings. The first kappa shape index (κ1) is 20.6.